The summed E-state index contributed by atoms with van der Waals surface area (Å²) in [6.45, 7) is 3.40. The molecule has 1 fully saturated rings. The second kappa shape index (κ2) is 6.04. The molecule has 0 radical (unpaired) electrons. The van der Waals surface area contributed by atoms with Gasteiger partial charge in [-0.05, 0) is 27.1 Å². The van der Waals surface area contributed by atoms with E-state index in [1.165, 1.54) is 30.0 Å². The molecule has 1 aliphatic heterocycles. The van der Waals surface area contributed by atoms with Gasteiger partial charge in [0.1, 0.15) is 5.01 Å². The molecular formula is C16H21N3S. The lowest BCUT2D eigenvalue weighted by Gasteiger charge is -2.23. The first-order valence-corrected chi connectivity index (χ1v) is 7.93. The molecule has 1 aliphatic rings. The summed E-state index contributed by atoms with van der Waals surface area (Å²) in [4.78, 5) is 10.8. The third-order valence-electron chi connectivity index (χ3n) is 3.97. The number of hydrogen-bond acceptors (Lipinski definition) is 4. The Kier molecular flexibility index (Phi) is 4.15. The maximum atomic E-state index is 4.56. The number of benzene rings is 1. The van der Waals surface area contributed by atoms with Gasteiger partial charge in [0.15, 0.2) is 0 Å². The zero-order chi connectivity index (χ0) is 13.9. The molecule has 20 heavy (non-hydrogen) atoms. The van der Waals surface area contributed by atoms with Crippen LogP contribution in [0.3, 0.4) is 0 Å². The summed E-state index contributed by atoms with van der Waals surface area (Å²) in [6.07, 6.45) is 3.31. The maximum absolute atomic E-state index is 4.56. The van der Waals surface area contributed by atoms with Gasteiger partial charge in [-0.25, -0.2) is 4.98 Å². The second-order valence-corrected chi connectivity index (χ2v) is 6.73. The van der Waals surface area contributed by atoms with Crippen molar-refractivity contribution in [2.75, 3.05) is 27.2 Å². The lowest BCUT2D eigenvalue weighted by atomic mass is 10.2. The maximum Gasteiger partial charge on any atom is 0.123 e. The molecule has 0 N–H and O–H groups in total. The molecule has 106 valence electrons. The normalized spacial score (nSPS) is 19.9. The van der Waals surface area contributed by atoms with Crippen LogP contribution >= 0.6 is 11.3 Å². The highest BCUT2D eigenvalue weighted by molar-refractivity contribution is 7.15. The van der Waals surface area contributed by atoms with Crippen LogP contribution in [0.2, 0.25) is 0 Å². The molecule has 1 unspecified atom stereocenters. The molecule has 2 aromatic rings. The first-order chi connectivity index (χ1) is 9.72. The Balaban J connectivity index is 1.65. The summed E-state index contributed by atoms with van der Waals surface area (Å²) >= 11 is 1.81. The fourth-order valence-corrected chi connectivity index (χ4v) is 3.72. The Morgan fingerprint density at radius 3 is 2.85 bits per heavy atom. The number of aromatic nitrogens is 1. The van der Waals surface area contributed by atoms with Gasteiger partial charge in [-0.1, -0.05) is 30.3 Å². The molecular weight excluding hydrogens is 266 g/mol. The largest absolute Gasteiger partial charge is 0.305 e. The molecule has 1 saturated heterocycles. The van der Waals surface area contributed by atoms with Crippen molar-refractivity contribution in [3.8, 4) is 10.6 Å². The number of rotatable bonds is 4. The first-order valence-electron chi connectivity index (χ1n) is 7.11. The van der Waals surface area contributed by atoms with E-state index in [2.05, 4.69) is 53.1 Å². The monoisotopic (exact) mass is 287 g/mol. The summed E-state index contributed by atoms with van der Waals surface area (Å²) in [5, 5.41) is 1.12. The molecule has 4 heteroatoms. The van der Waals surface area contributed by atoms with Crippen molar-refractivity contribution in [1.29, 1.82) is 0 Å². The van der Waals surface area contributed by atoms with Crippen molar-refractivity contribution >= 4 is 11.3 Å². The molecule has 1 atom stereocenters. The lowest BCUT2D eigenvalue weighted by Crippen LogP contribution is -2.33. The molecule has 3 nitrogen and oxygen atoms in total. The van der Waals surface area contributed by atoms with Gasteiger partial charge in [-0.2, -0.15) is 0 Å². The summed E-state index contributed by atoms with van der Waals surface area (Å²) in [5.74, 6) is 0. The molecule has 0 amide bonds. The van der Waals surface area contributed by atoms with Gasteiger partial charge in [-0.15, -0.1) is 11.3 Å². The van der Waals surface area contributed by atoms with Crippen molar-refractivity contribution in [3.05, 3.63) is 41.4 Å². The Morgan fingerprint density at radius 2 is 2.15 bits per heavy atom. The van der Waals surface area contributed by atoms with Crippen LogP contribution in [0.1, 0.15) is 11.3 Å². The van der Waals surface area contributed by atoms with E-state index in [9.17, 15) is 0 Å². The van der Waals surface area contributed by atoms with Gasteiger partial charge in [0.05, 0.1) is 0 Å². The summed E-state index contributed by atoms with van der Waals surface area (Å²) < 4.78 is 0. The Morgan fingerprint density at radius 1 is 1.35 bits per heavy atom. The van der Waals surface area contributed by atoms with Crippen molar-refractivity contribution in [3.63, 3.8) is 0 Å². The van der Waals surface area contributed by atoms with Crippen LogP contribution in [0.15, 0.2) is 36.5 Å². The summed E-state index contributed by atoms with van der Waals surface area (Å²) in [7, 11) is 4.43. The van der Waals surface area contributed by atoms with Crippen LogP contribution in [-0.4, -0.2) is 48.0 Å². The van der Waals surface area contributed by atoms with Crippen molar-refractivity contribution < 1.29 is 0 Å². The van der Waals surface area contributed by atoms with Crippen molar-refractivity contribution in [2.24, 2.45) is 0 Å². The Bertz CT molecular complexity index is 552. The van der Waals surface area contributed by atoms with Crippen molar-refractivity contribution in [2.45, 2.75) is 19.0 Å². The van der Waals surface area contributed by atoms with Gasteiger partial charge >= 0.3 is 0 Å². The predicted molar refractivity (Wildman–Crippen MR) is 84.9 cm³/mol. The lowest BCUT2D eigenvalue weighted by molar-refractivity contribution is 0.236. The third-order valence-corrected chi connectivity index (χ3v) is 5.00. The predicted octanol–water partition coefficient (Wildman–Crippen LogP) is 2.95. The van der Waals surface area contributed by atoms with Crippen LogP contribution in [0.5, 0.6) is 0 Å². The molecule has 0 spiro atoms. The topological polar surface area (TPSA) is 19.4 Å². The van der Waals surface area contributed by atoms with Crippen LogP contribution < -0.4 is 0 Å². The average Bonchev–Trinajstić information content (AvgIpc) is 3.09. The Labute approximate surface area is 124 Å². The fraction of sp³-hybridized carbons (Fsp3) is 0.438. The van der Waals surface area contributed by atoms with Crippen molar-refractivity contribution in [1.82, 2.24) is 14.8 Å². The molecule has 3 rings (SSSR count). The molecule has 0 aliphatic carbocycles. The number of thiazole rings is 1. The van der Waals surface area contributed by atoms with E-state index in [1.807, 2.05) is 23.6 Å². The standard InChI is InChI=1S/C16H21N3S/c1-18-9-8-14(11-18)19(2)12-15-10-17-16(20-15)13-6-4-3-5-7-13/h3-7,10,14H,8-9,11-12H2,1-2H3. The number of likely N-dealkylation sites (tertiary alicyclic amines) is 1. The van der Waals surface area contributed by atoms with E-state index in [0.29, 0.717) is 6.04 Å². The second-order valence-electron chi connectivity index (χ2n) is 5.62. The van der Waals surface area contributed by atoms with Gasteiger partial charge in [0, 0.05) is 35.8 Å². The molecule has 0 saturated carbocycles. The van der Waals surface area contributed by atoms with Crippen LogP contribution in [0.4, 0.5) is 0 Å². The van der Waals surface area contributed by atoms with Crippen LogP contribution in [0.25, 0.3) is 10.6 Å². The van der Waals surface area contributed by atoms with Crippen LogP contribution in [0, 0.1) is 0 Å². The van der Waals surface area contributed by atoms with E-state index in [-0.39, 0.29) is 0 Å². The van der Waals surface area contributed by atoms with Gasteiger partial charge in [0.25, 0.3) is 0 Å². The number of likely N-dealkylation sites (N-methyl/N-ethyl adjacent to an activating group) is 2. The van der Waals surface area contributed by atoms with Gasteiger partial charge < -0.3 is 4.90 Å². The SMILES string of the molecule is CN1CCC(N(C)Cc2cnc(-c3ccccc3)s2)C1. The van der Waals surface area contributed by atoms with E-state index in [0.717, 1.165) is 11.6 Å². The molecule has 2 heterocycles. The molecule has 1 aromatic heterocycles. The zero-order valence-corrected chi connectivity index (χ0v) is 12.9. The van der Waals surface area contributed by atoms with Gasteiger partial charge in [0.2, 0.25) is 0 Å². The summed E-state index contributed by atoms with van der Waals surface area (Å²) in [6, 6.07) is 11.1. The average molecular weight is 287 g/mol. The first kappa shape index (κ1) is 13.7. The minimum Gasteiger partial charge on any atom is -0.305 e. The quantitative estimate of drug-likeness (QED) is 0.862. The van der Waals surface area contributed by atoms with E-state index < -0.39 is 0 Å². The highest BCUT2D eigenvalue weighted by Crippen LogP contribution is 2.26. The van der Waals surface area contributed by atoms with E-state index in [1.54, 1.807) is 0 Å². The smallest absolute Gasteiger partial charge is 0.123 e. The minimum atomic E-state index is 0.683. The van der Waals surface area contributed by atoms with E-state index >= 15 is 0 Å². The highest BCUT2D eigenvalue weighted by Gasteiger charge is 2.23. The number of nitrogens with zero attached hydrogens (tertiary/aromatic N) is 3. The third kappa shape index (κ3) is 3.08. The highest BCUT2D eigenvalue weighted by atomic mass is 32.1. The summed E-state index contributed by atoms with van der Waals surface area (Å²) in [5.41, 5.74) is 1.21. The van der Waals surface area contributed by atoms with Gasteiger partial charge in [-0.3, -0.25) is 4.90 Å². The van der Waals surface area contributed by atoms with Crippen LogP contribution in [-0.2, 0) is 6.54 Å². The minimum absolute atomic E-state index is 0.683. The zero-order valence-electron chi connectivity index (χ0n) is 12.1. The molecule has 0 bridgehead atoms. The fourth-order valence-electron chi connectivity index (χ4n) is 2.74. The molecule has 1 aromatic carbocycles. The Hall–Kier alpha value is -1.23. The number of hydrogen-bond donors (Lipinski definition) is 0. The van der Waals surface area contributed by atoms with E-state index in [4.69, 9.17) is 0 Å².